The van der Waals surface area contributed by atoms with Crippen LogP contribution in [0.25, 0.3) is 16.6 Å². The fourth-order valence-electron chi connectivity index (χ4n) is 3.21. The highest BCUT2D eigenvalue weighted by atomic mass is 16.2. The number of H-pyrrole nitrogens is 1. The molecule has 8 nitrogen and oxygen atoms in total. The van der Waals surface area contributed by atoms with Gasteiger partial charge in [0, 0.05) is 23.9 Å². The molecular formula is C23H18N4O4. The summed E-state index contributed by atoms with van der Waals surface area (Å²) in [5, 5.41) is 5.68. The van der Waals surface area contributed by atoms with E-state index in [4.69, 9.17) is 0 Å². The van der Waals surface area contributed by atoms with Gasteiger partial charge in [-0.25, -0.2) is 9.36 Å². The molecule has 0 aliphatic rings. The van der Waals surface area contributed by atoms with Gasteiger partial charge in [0.25, 0.3) is 11.5 Å². The fourth-order valence-corrected chi connectivity index (χ4v) is 3.21. The van der Waals surface area contributed by atoms with Crippen molar-refractivity contribution in [3.05, 3.63) is 99.2 Å². The maximum Gasteiger partial charge on any atom is 0.333 e. The minimum atomic E-state index is -0.588. The molecule has 0 saturated carbocycles. The van der Waals surface area contributed by atoms with Gasteiger partial charge in [-0.2, -0.15) is 0 Å². The van der Waals surface area contributed by atoms with Gasteiger partial charge in [-0.3, -0.25) is 14.4 Å². The number of rotatable bonds is 4. The molecule has 31 heavy (non-hydrogen) atoms. The van der Waals surface area contributed by atoms with E-state index in [1.165, 1.54) is 25.1 Å². The van der Waals surface area contributed by atoms with Gasteiger partial charge in [-0.05, 0) is 54.6 Å². The fraction of sp³-hybridized carbons (Fsp3) is 0.0435. The molecule has 0 atom stereocenters. The number of aromatic amines is 1. The number of anilines is 2. The Balaban J connectivity index is 1.63. The van der Waals surface area contributed by atoms with Crippen LogP contribution in [-0.4, -0.2) is 21.4 Å². The normalized spacial score (nSPS) is 10.6. The number of hydrogen-bond acceptors (Lipinski definition) is 4. The van der Waals surface area contributed by atoms with Crippen LogP contribution >= 0.6 is 0 Å². The number of nitrogens with zero attached hydrogens (tertiary/aromatic N) is 1. The molecule has 3 aromatic carbocycles. The van der Waals surface area contributed by atoms with Crippen molar-refractivity contribution in [1.82, 2.24) is 9.55 Å². The monoisotopic (exact) mass is 414 g/mol. The Bertz CT molecular complexity index is 1400. The van der Waals surface area contributed by atoms with Gasteiger partial charge < -0.3 is 15.6 Å². The van der Waals surface area contributed by atoms with Crippen molar-refractivity contribution >= 4 is 34.1 Å². The molecule has 0 unspecified atom stereocenters. The molecule has 0 spiro atoms. The third kappa shape index (κ3) is 4.13. The van der Waals surface area contributed by atoms with E-state index in [0.29, 0.717) is 22.4 Å². The third-order valence-electron chi connectivity index (χ3n) is 4.64. The van der Waals surface area contributed by atoms with E-state index in [1.807, 2.05) is 0 Å². The van der Waals surface area contributed by atoms with E-state index in [0.717, 1.165) is 4.57 Å². The highest BCUT2D eigenvalue weighted by Gasteiger charge is 2.13. The Morgan fingerprint density at radius 1 is 0.839 bits per heavy atom. The number of benzene rings is 3. The molecule has 0 aliphatic heterocycles. The molecule has 4 rings (SSSR count). The second kappa shape index (κ2) is 8.11. The SMILES string of the molecule is CC(=O)Nc1ccc(NC(=O)c2ccc3c(=O)n(-c4ccccc4)c(=O)[nH]c3c2)cc1. The first kappa shape index (κ1) is 19.8. The predicted octanol–water partition coefficient (Wildman–Crippen LogP) is 2.89. The second-order valence-electron chi connectivity index (χ2n) is 6.88. The number of nitrogens with one attached hydrogen (secondary N) is 3. The predicted molar refractivity (Wildman–Crippen MR) is 119 cm³/mol. The zero-order chi connectivity index (χ0) is 22.0. The average Bonchev–Trinajstić information content (AvgIpc) is 2.75. The quantitative estimate of drug-likeness (QED) is 0.476. The third-order valence-corrected chi connectivity index (χ3v) is 4.64. The maximum atomic E-state index is 12.8. The van der Waals surface area contributed by atoms with E-state index in [9.17, 15) is 19.2 Å². The summed E-state index contributed by atoms with van der Waals surface area (Å²) in [6, 6.07) is 19.8. The molecule has 4 aromatic rings. The molecule has 0 bridgehead atoms. The maximum absolute atomic E-state index is 12.8. The summed E-state index contributed by atoms with van der Waals surface area (Å²) in [7, 11) is 0. The summed E-state index contributed by atoms with van der Waals surface area (Å²) in [6.07, 6.45) is 0. The smallest absolute Gasteiger partial charge is 0.326 e. The van der Waals surface area contributed by atoms with Crippen LogP contribution in [0.4, 0.5) is 11.4 Å². The van der Waals surface area contributed by atoms with E-state index in [1.54, 1.807) is 54.6 Å². The minimum absolute atomic E-state index is 0.187. The number of fused-ring (bicyclic) bond motifs is 1. The van der Waals surface area contributed by atoms with Crippen molar-refractivity contribution < 1.29 is 9.59 Å². The first-order chi connectivity index (χ1) is 14.9. The number of carbonyl (C=O) groups excluding carboxylic acids is 2. The number of hydrogen-bond donors (Lipinski definition) is 3. The van der Waals surface area contributed by atoms with Crippen LogP contribution in [0.2, 0.25) is 0 Å². The largest absolute Gasteiger partial charge is 0.333 e. The Kier molecular flexibility index (Phi) is 5.19. The van der Waals surface area contributed by atoms with Crippen molar-refractivity contribution in [2.75, 3.05) is 10.6 Å². The van der Waals surface area contributed by atoms with E-state index in [-0.39, 0.29) is 17.0 Å². The lowest BCUT2D eigenvalue weighted by Gasteiger charge is -2.09. The summed E-state index contributed by atoms with van der Waals surface area (Å²) < 4.78 is 1.05. The van der Waals surface area contributed by atoms with Crippen LogP contribution in [0.3, 0.4) is 0 Å². The van der Waals surface area contributed by atoms with Gasteiger partial charge in [0.15, 0.2) is 0 Å². The van der Waals surface area contributed by atoms with Gasteiger partial charge in [0.05, 0.1) is 16.6 Å². The summed E-state index contributed by atoms with van der Waals surface area (Å²) in [6.45, 7) is 1.41. The van der Waals surface area contributed by atoms with Gasteiger partial charge in [-0.1, -0.05) is 18.2 Å². The highest BCUT2D eigenvalue weighted by molar-refractivity contribution is 6.06. The molecule has 1 heterocycles. The van der Waals surface area contributed by atoms with E-state index < -0.39 is 17.2 Å². The molecule has 8 heteroatoms. The molecule has 154 valence electrons. The molecule has 2 amide bonds. The van der Waals surface area contributed by atoms with Crippen molar-refractivity contribution in [2.24, 2.45) is 0 Å². The van der Waals surface area contributed by atoms with Crippen LogP contribution in [-0.2, 0) is 4.79 Å². The lowest BCUT2D eigenvalue weighted by molar-refractivity contribution is -0.114. The number of aromatic nitrogens is 2. The molecular weight excluding hydrogens is 396 g/mol. The topological polar surface area (TPSA) is 113 Å². The van der Waals surface area contributed by atoms with Crippen LogP contribution in [0.5, 0.6) is 0 Å². The Morgan fingerprint density at radius 2 is 1.48 bits per heavy atom. The van der Waals surface area contributed by atoms with Gasteiger partial charge >= 0.3 is 5.69 Å². The van der Waals surface area contributed by atoms with Crippen LogP contribution in [0.1, 0.15) is 17.3 Å². The van der Waals surface area contributed by atoms with E-state index in [2.05, 4.69) is 15.6 Å². The number of amides is 2. The molecule has 0 radical (unpaired) electrons. The summed E-state index contributed by atoms with van der Waals surface area (Å²) in [5.41, 5.74) is 1.11. The Hall–Kier alpha value is -4.46. The zero-order valence-corrected chi connectivity index (χ0v) is 16.5. The number of carbonyl (C=O) groups is 2. The molecule has 3 N–H and O–H groups in total. The molecule has 0 fully saturated rings. The number of para-hydroxylation sites is 1. The van der Waals surface area contributed by atoms with Crippen molar-refractivity contribution in [1.29, 1.82) is 0 Å². The van der Waals surface area contributed by atoms with Gasteiger partial charge in [0.2, 0.25) is 5.91 Å². The van der Waals surface area contributed by atoms with E-state index >= 15 is 0 Å². The first-order valence-electron chi connectivity index (χ1n) is 9.46. The lowest BCUT2D eigenvalue weighted by Crippen LogP contribution is -2.33. The molecule has 0 aliphatic carbocycles. The Labute approximate surface area is 176 Å². The average molecular weight is 414 g/mol. The van der Waals surface area contributed by atoms with Crippen molar-refractivity contribution in [3.8, 4) is 5.69 Å². The lowest BCUT2D eigenvalue weighted by atomic mass is 10.1. The van der Waals surface area contributed by atoms with Crippen LogP contribution in [0.15, 0.2) is 82.4 Å². The molecule has 1 aromatic heterocycles. The van der Waals surface area contributed by atoms with Crippen molar-refractivity contribution in [2.45, 2.75) is 6.92 Å². The second-order valence-corrected chi connectivity index (χ2v) is 6.88. The molecule has 0 saturated heterocycles. The minimum Gasteiger partial charge on any atom is -0.326 e. The van der Waals surface area contributed by atoms with Gasteiger partial charge in [-0.15, -0.1) is 0 Å². The van der Waals surface area contributed by atoms with Crippen LogP contribution < -0.4 is 21.9 Å². The summed E-state index contributed by atoms with van der Waals surface area (Å²) >= 11 is 0. The Morgan fingerprint density at radius 3 is 2.13 bits per heavy atom. The standard InChI is InChI=1S/C23H18N4O4/c1-14(28)24-16-8-10-17(11-9-16)25-21(29)15-7-12-19-20(13-15)26-23(31)27(22(19)30)18-5-3-2-4-6-18/h2-13H,1H3,(H,24,28)(H,25,29)(H,26,31). The van der Waals surface area contributed by atoms with Gasteiger partial charge in [0.1, 0.15) is 0 Å². The zero-order valence-electron chi connectivity index (χ0n) is 16.5. The summed E-state index contributed by atoms with van der Waals surface area (Å²) in [4.78, 5) is 51.7. The van der Waals surface area contributed by atoms with Crippen molar-refractivity contribution in [3.63, 3.8) is 0 Å². The highest BCUT2D eigenvalue weighted by Crippen LogP contribution is 2.16. The summed E-state index contributed by atoms with van der Waals surface area (Å²) in [5.74, 6) is -0.587. The van der Waals surface area contributed by atoms with Crippen LogP contribution in [0, 0.1) is 0 Å². The first-order valence-corrected chi connectivity index (χ1v) is 9.46.